The third kappa shape index (κ3) is 14.2. The maximum atomic E-state index is 11.5. The van der Waals surface area contributed by atoms with Crippen LogP contribution in [0.25, 0.3) is 0 Å². The number of alkyl halides is 2. The number of aliphatic carboxylic acids is 1. The van der Waals surface area contributed by atoms with E-state index in [1.54, 1.807) is 51.3 Å². The van der Waals surface area contributed by atoms with E-state index in [1.165, 1.54) is 95.7 Å². The summed E-state index contributed by atoms with van der Waals surface area (Å²) in [5, 5.41) is 40.0. The highest BCUT2D eigenvalue weighted by Crippen LogP contribution is 2.58. The maximum Gasteiger partial charge on any atom is 0.408 e. The topological polar surface area (TPSA) is 222 Å². The van der Waals surface area contributed by atoms with Crippen LogP contribution in [0.2, 0.25) is 6.82 Å². The minimum atomic E-state index is -0.824. The van der Waals surface area contributed by atoms with Crippen LogP contribution < -0.4 is 25.8 Å². The summed E-state index contributed by atoms with van der Waals surface area (Å²) in [6.07, 6.45) is 25.1. The molecule has 0 aromatic carbocycles. The maximum absolute atomic E-state index is 11.5. The first-order valence-corrected chi connectivity index (χ1v) is 22.9. The van der Waals surface area contributed by atoms with Crippen LogP contribution in [0.4, 0.5) is 17.5 Å². The molecule has 2 atom stereocenters. The van der Waals surface area contributed by atoms with E-state index in [-0.39, 0.29) is 22.6 Å². The number of hydrogen-bond acceptors (Lipinski definition) is 12. The van der Waals surface area contributed by atoms with Gasteiger partial charge in [-0.05, 0) is 150 Å². The highest BCUT2D eigenvalue weighted by Gasteiger charge is 2.50. The lowest BCUT2D eigenvalue weighted by molar-refractivity contribution is -0.135. The summed E-state index contributed by atoms with van der Waals surface area (Å²) in [5.74, 6) is 2.47. The Balaban J connectivity index is 0.000000151. The minimum absolute atomic E-state index is 0.0651. The fourth-order valence-electron chi connectivity index (χ4n) is 8.46. The second-order valence-electron chi connectivity index (χ2n) is 17.5. The third-order valence-electron chi connectivity index (χ3n) is 12.4. The predicted molar refractivity (Wildman–Crippen MR) is 241 cm³/mol. The average Bonchev–Trinajstić information content (AvgIpc) is 3.10. The van der Waals surface area contributed by atoms with Gasteiger partial charge in [-0.2, -0.15) is 0 Å². The lowest BCUT2D eigenvalue weighted by atomic mass is 9.55. The van der Waals surface area contributed by atoms with E-state index >= 15 is 0 Å². The van der Waals surface area contributed by atoms with Crippen LogP contribution >= 0.6 is 31.9 Å². The van der Waals surface area contributed by atoms with Crippen LogP contribution in [0.1, 0.15) is 110 Å². The highest BCUT2D eigenvalue weighted by atomic mass is 79.9. The van der Waals surface area contributed by atoms with Gasteiger partial charge in [0.1, 0.15) is 39.5 Å². The van der Waals surface area contributed by atoms with Gasteiger partial charge in [0.05, 0.1) is 41.7 Å². The van der Waals surface area contributed by atoms with Crippen LogP contribution in [0.15, 0.2) is 55.0 Å². The summed E-state index contributed by atoms with van der Waals surface area (Å²) in [6.45, 7) is 4.93. The van der Waals surface area contributed by atoms with Crippen molar-refractivity contribution in [3.05, 3.63) is 55.0 Å². The lowest BCUT2D eigenvalue weighted by Crippen LogP contribution is -2.48. The quantitative estimate of drug-likeness (QED) is 0.0792. The smallest absolute Gasteiger partial charge is 0.408 e. The van der Waals surface area contributed by atoms with Gasteiger partial charge in [0.15, 0.2) is 0 Å². The largest absolute Gasteiger partial charge is 0.506 e. The predicted octanol–water partition coefficient (Wildman–Crippen LogP) is 8.37. The first kappa shape index (κ1) is 47.4. The molecule has 1 amide bonds. The zero-order chi connectivity index (χ0) is 43.5. The fraction of sp³-hybridized carbons (Fsp3) is 0.605. The summed E-state index contributed by atoms with van der Waals surface area (Å²) in [5.41, 5.74) is 7.47. The molecule has 0 radical (unpaired) electrons. The average molecular weight is 961 g/mol. The Morgan fingerprint density at radius 1 is 0.750 bits per heavy atom. The van der Waals surface area contributed by atoms with Crippen molar-refractivity contribution in [1.82, 2.24) is 15.0 Å². The zero-order valence-corrected chi connectivity index (χ0v) is 38.0. The second kappa shape index (κ2) is 21.4. The number of hydrogen-bond donors (Lipinski definition) is 7. The monoisotopic (exact) mass is 958 g/mol. The number of rotatable bonds is 9. The molecule has 0 saturated heterocycles. The number of anilines is 3. The molecule has 2 unspecified atom stereocenters. The number of aliphatic hydroxyl groups excluding tert-OH is 1. The number of aromatic hydroxyl groups is 1. The number of nitrogens with one attached hydrogen (secondary N) is 2. The van der Waals surface area contributed by atoms with Gasteiger partial charge in [-0.25, -0.2) is 15.0 Å². The van der Waals surface area contributed by atoms with E-state index in [4.69, 9.17) is 35.6 Å². The molecule has 0 bridgehead atoms. The summed E-state index contributed by atoms with van der Waals surface area (Å²) in [7, 11) is -0.632. The number of carboxylic acid groups (broad SMARTS) is 1. The van der Waals surface area contributed by atoms with Crippen molar-refractivity contribution in [3.8, 4) is 17.2 Å². The van der Waals surface area contributed by atoms with E-state index in [0.717, 1.165) is 24.3 Å². The minimum Gasteiger partial charge on any atom is -0.506 e. The van der Waals surface area contributed by atoms with Gasteiger partial charge in [-0.15, -0.1) is 0 Å². The van der Waals surface area contributed by atoms with Gasteiger partial charge in [-0.3, -0.25) is 9.59 Å². The van der Waals surface area contributed by atoms with Crippen LogP contribution in [0, 0.1) is 16.2 Å². The van der Waals surface area contributed by atoms with E-state index < -0.39 is 17.8 Å². The van der Waals surface area contributed by atoms with Crippen molar-refractivity contribution in [2.24, 2.45) is 16.2 Å². The molecular formula is C43H61BBr2N6O8. The first-order valence-electron chi connectivity index (χ1n) is 21.1. The molecule has 8 N–H and O–H groups in total. The van der Waals surface area contributed by atoms with Crippen LogP contribution in [0.3, 0.4) is 0 Å². The van der Waals surface area contributed by atoms with Gasteiger partial charge < -0.3 is 46.1 Å². The van der Waals surface area contributed by atoms with Crippen LogP contribution in [-0.2, 0) is 9.59 Å². The van der Waals surface area contributed by atoms with Crippen LogP contribution in [-0.4, -0.2) is 82.2 Å². The molecule has 328 valence electrons. The number of aromatic nitrogens is 3. The number of carboxylic acids is 1. The standard InChI is InChI=1S/C15H19BrN2O2.C12H16N2O.C7H12O.C6H9BN2O2.C3H5BrO2/c1-10(16)14(19)18-13-4-3-11(9-17-13)20-12-7-15(8-12)5-2-6-15;13-11-3-2-9(8-14-11)15-10-6-12(7-10)4-1-5-12;8-6-4-7(5-6)2-1-3-7;1-7(11)9-6-3-2-5(10)4-8-6;1-2(4)3(5)6/h3-4,9-10,12H,2,5-8H2,1H3,(H,17,18,19);2-3,8,10H,1,4-7H2,(H2,13,14);6,8H,1-5H2;2-4,10-11H,1H3,(H,8,9);2H,1H3,(H,5,6). The third-order valence-corrected chi connectivity index (χ3v) is 13.2. The molecule has 17 heteroatoms. The van der Waals surface area contributed by atoms with Gasteiger partial charge in [0.2, 0.25) is 5.91 Å². The van der Waals surface area contributed by atoms with E-state index in [9.17, 15) is 9.59 Å². The summed E-state index contributed by atoms with van der Waals surface area (Å²) < 4.78 is 11.7. The lowest BCUT2D eigenvalue weighted by Gasteiger charge is -2.53. The van der Waals surface area contributed by atoms with E-state index in [2.05, 4.69) is 57.4 Å². The molecule has 3 aromatic rings. The molecule has 6 aliphatic rings. The number of pyridine rings is 3. The number of amides is 1. The molecular weight excluding hydrogens is 899 g/mol. The molecule has 6 fully saturated rings. The number of nitrogen functional groups attached to an aromatic ring is 1. The molecule has 3 spiro atoms. The molecule has 0 aliphatic heterocycles. The number of halogens is 2. The Bertz CT molecular complexity index is 1790. The van der Waals surface area contributed by atoms with E-state index in [0.29, 0.717) is 45.9 Å². The Kier molecular flexibility index (Phi) is 16.9. The zero-order valence-electron chi connectivity index (χ0n) is 34.9. The van der Waals surface area contributed by atoms with Crippen molar-refractivity contribution in [2.45, 2.75) is 145 Å². The van der Waals surface area contributed by atoms with Crippen molar-refractivity contribution in [2.75, 3.05) is 16.3 Å². The normalized spacial score (nSPS) is 22.4. The van der Waals surface area contributed by atoms with E-state index in [1.807, 2.05) is 12.1 Å². The molecule has 9 rings (SSSR count). The van der Waals surface area contributed by atoms with Crippen molar-refractivity contribution in [3.63, 3.8) is 0 Å². The number of nitrogens with two attached hydrogens (primary N) is 1. The number of carbonyl (C=O) groups excluding carboxylic acids is 1. The number of aliphatic hydroxyl groups is 1. The Morgan fingerprint density at radius 3 is 1.52 bits per heavy atom. The summed E-state index contributed by atoms with van der Waals surface area (Å²) in [4.78, 5) is 32.5. The Labute approximate surface area is 370 Å². The molecule has 3 aromatic heterocycles. The SMILES string of the molecule is CB(O)Nc1ccc(O)cn1.CC(Br)C(=O)Nc1ccc(OC2CC3(CCC3)C2)cn1.CC(Br)C(=O)O.Nc1ccc(OC2CC3(CCC3)C2)cn1.OC1CC2(CCC2)C1. The summed E-state index contributed by atoms with van der Waals surface area (Å²) >= 11 is 6.06. The summed E-state index contributed by atoms with van der Waals surface area (Å²) in [6, 6.07) is 10.4. The Morgan fingerprint density at radius 2 is 1.20 bits per heavy atom. The number of carbonyl (C=O) groups is 2. The Hall–Kier alpha value is -3.67. The van der Waals surface area contributed by atoms with Gasteiger partial charge >= 0.3 is 13.0 Å². The molecule has 3 heterocycles. The van der Waals surface area contributed by atoms with Gasteiger partial charge in [0, 0.05) is 0 Å². The molecule has 6 aliphatic carbocycles. The second-order valence-corrected chi connectivity index (χ2v) is 20.2. The molecule has 14 nitrogen and oxygen atoms in total. The molecule has 60 heavy (non-hydrogen) atoms. The van der Waals surface area contributed by atoms with Crippen LogP contribution in [0.5, 0.6) is 17.2 Å². The van der Waals surface area contributed by atoms with Crippen molar-refractivity contribution < 1.29 is 39.4 Å². The van der Waals surface area contributed by atoms with Gasteiger partial charge in [0.25, 0.3) is 0 Å². The first-order chi connectivity index (χ1) is 28.5. The molecule has 6 saturated carbocycles. The van der Waals surface area contributed by atoms with Gasteiger partial charge in [-0.1, -0.05) is 51.1 Å². The number of nitrogens with zero attached hydrogens (tertiary/aromatic N) is 3. The van der Waals surface area contributed by atoms with Crippen molar-refractivity contribution >= 4 is 68.2 Å². The number of ether oxygens (including phenoxy) is 2. The van der Waals surface area contributed by atoms with Crippen molar-refractivity contribution in [1.29, 1.82) is 0 Å². The fourth-order valence-corrected chi connectivity index (χ4v) is 8.57. The highest BCUT2D eigenvalue weighted by molar-refractivity contribution is 9.10.